The van der Waals surface area contributed by atoms with Gasteiger partial charge in [0.25, 0.3) is 0 Å². The molecule has 25 heavy (non-hydrogen) atoms. The Bertz CT molecular complexity index is 790. The van der Waals surface area contributed by atoms with E-state index in [1.165, 1.54) is 11.8 Å². The van der Waals surface area contributed by atoms with Crippen molar-refractivity contribution in [3.8, 4) is 0 Å². The van der Waals surface area contributed by atoms with Crippen LogP contribution in [0, 0.1) is 6.92 Å². The molecule has 0 saturated carbocycles. The van der Waals surface area contributed by atoms with Crippen LogP contribution in [-0.2, 0) is 21.2 Å². The van der Waals surface area contributed by atoms with E-state index in [4.69, 9.17) is 0 Å². The van der Waals surface area contributed by atoms with Crippen molar-refractivity contribution < 1.29 is 18.3 Å². The number of hydrogen-bond donors (Lipinski definition) is 2. The molecule has 0 bridgehead atoms. The molecule has 2 aromatic rings. The Morgan fingerprint density at radius 1 is 1.12 bits per heavy atom. The minimum absolute atomic E-state index is 0.180. The first-order valence-electron chi connectivity index (χ1n) is 7.83. The second-order valence-electron chi connectivity index (χ2n) is 5.60. The minimum Gasteiger partial charge on any atom is -0.480 e. The number of nitrogens with one attached hydrogen (secondary N) is 1. The van der Waals surface area contributed by atoms with Crippen LogP contribution in [0.2, 0.25) is 0 Å². The van der Waals surface area contributed by atoms with Gasteiger partial charge in [0, 0.05) is 12.3 Å². The van der Waals surface area contributed by atoms with Crippen LogP contribution in [0.4, 0.5) is 0 Å². The van der Waals surface area contributed by atoms with Crippen LogP contribution >= 0.6 is 11.8 Å². The van der Waals surface area contributed by atoms with E-state index < -0.39 is 21.2 Å². The Balaban J connectivity index is 1.85. The summed E-state index contributed by atoms with van der Waals surface area (Å²) in [5, 5.41) is 8.73. The summed E-state index contributed by atoms with van der Waals surface area (Å²) >= 11 is 1.24. The summed E-state index contributed by atoms with van der Waals surface area (Å²) in [6.45, 7) is 2.07. The molecule has 134 valence electrons. The van der Waals surface area contributed by atoms with Crippen molar-refractivity contribution in [2.45, 2.75) is 23.5 Å². The van der Waals surface area contributed by atoms with Gasteiger partial charge in [0.1, 0.15) is 5.25 Å². The lowest BCUT2D eigenvalue weighted by Gasteiger charge is -2.13. The van der Waals surface area contributed by atoms with Crippen LogP contribution in [0.1, 0.15) is 11.1 Å². The lowest BCUT2D eigenvalue weighted by molar-refractivity contribution is -0.136. The molecule has 5 nitrogen and oxygen atoms in total. The fourth-order valence-corrected chi connectivity index (χ4v) is 4.34. The summed E-state index contributed by atoms with van der Waals surface area (Å²) in [5.74, 6) is -0.509. The molecule has 0 amide bonds. The molecule has 1 atom stereocenters. The topological polar surface area (TPSA) is 83.5 Å². The van der Waals surface area contributed by atoms with Crippen molar-refractivity contribution in [3.05, 3.63) is 65.7 Å². The highest BCUT2D eigenvalue weighted by Crippen LogP contribution is 2.17. The molecule has 2 N–H and O–H groups in total. The van der Waals surface area contributed by atoms with Gasteiger partial charge < -0.3 is 5.11 Å². The van der Waals surface area contributed by atoms with Crippen LogP contribution in [0.15, 0.2) is 59.5 Å². The van der Waals surface area contributed by atoms with Crippen molar-refractivity contribution in [2.75, 3.05) is 12.3 Å². The standard InChI is InChI=1S/C18H21NO4S2/c1-14-7-9-16(10-8-14)25(22,23)19-11-12-24-17(18(20)21)13-15-5-3-2-4-6-15/h2-10,17,19H,11-13H2,1H3,(H,20,21). The monoisotopic (exact) mass is 379 g/mol. The molecular weight excluding hydrogens is 358 g/mol. The van der Waals surface area contributed by atoms with E-state index in [0.29, 0.717) is 12.2 Å². The van der Waals surface area contributed by atoms with Crippen LogP contribution in [0.5, 0.6) is 0 Å². The summed E-state index contributed by atoms with van der Waals surface area (Å²) in [7, 11) is -3.56. The third kappa shape index (κ3) is 6.19. The number of carboxylic acid groups (broad SMARTS) is 1. The molecule has 2 rings (SSSR count). The van der Waals surface area contributed by atoms with Gasteiger partial charge in [-0.05, 0) is 31.0 Å². The zero-order chi connectivity index (χ0) is 18.3. The van der Waals surface area contributed by atoms with Gasteiger partial charge in [-0.2, -0.15) is 0 Å². The highest BCUT2D eigenvalue weighted by Gasteiger charge is 2.19. The number of sulfonamides is 1. The SMILES string of the molecule is Cc1ccc(S(=O)(=O)NCCSC(Cc2ccccc2)C(=O)O)cc1. The lowest BCUT2D eigenvalue weighted by Crippen LogP contribution is -2.28. The Hall–Kier alpha value is -1.83. The lowest BCUT2D eigenvalue weighted by atomic mass is 10.1. The first-order valence-corrected chi connectivity index (χ1v) is 10.4. The van der Waals surface area contributed by atoms with E-state index in [0.717, 1.165) is 11.1 Å². The summed E-state index contributed by atoms with van der Waals surface area (Å²) < 4.78 is 26.9. The molecule has 0 aliphatic rings. The Morgan fingerprint density at radius 3 is 2.36 bits per heavy atom. The zero-order valence-corrected chi connectivity index (χ0v) is 15.5. The largest absolute Gasteiger partial charge is 0.480 e. The highest BCUT2D eigenvalue weighted by atomic mass is 32.2. The molecule has 1 unspecified atom stereocenters. The Labute approximate surface area is 152 Å². The summed E-state index contributed by atoms with van der Waals surface area (Å²) in [6, 6.07) is 16.0. The second-order valence-corrected chi connectivity index (χ2v) is 8.68. The highest BCUT2D eigenvalue weighted by molar-refractivity contribution is 8.00. The maximum absolute atomic E-state index is 12.2. The number of rotatable bonds is 9. The second kappa shape index (κ2) is 9.03. The van der Waals surface area contributed by atoms with Gasteiger partial charge in [0.2, 0.25) is 10.0 Å². The molecule has 0 radical (unpaired) electrons. The van der Waals surface area contributed by atoms with Gasteiger partial charge in [-0.3, -0.25) is 4.79 Å². The van der Waals surface area contributed by atoms with Gasteiger partial charge in [-0.15, -0.1) is 11.8 Å². The van der Waals surface area contributed by atoms with Crippen LogP contribution in [0.3, 0.4) is 0 Å². The molecule has 0 aliphatic heterocycles. The summed E-state index contributed by atoms with van der Waals surface area (Å²) in [4.78, 5) is 11.6. The number of carboxylic acids is 1. The van der Waals surface area contributed by atoms with Crippen molar-refractivity contribution in [1.82, 2.24) is 4.72 Å². The number of thioether (sulfide) groups is 1. The van der Waals surface area contributed by atoms with E-state index in [-0.39, 0.29) is 11.4 Å². The molecule has 0 fully saturated rings. The van der Waals surface area contributed by atoms with Crippen molar-refractivity contribution in [2.24, 2.45) is 0 Å². The van der Waals surface area contributed by atoms with Crippen molar-refractivity contribution in [1.29, 1.82) is 0 Å². The number of aryl methyl sites for hydroxylation is 1. The van der Waals surface area contributed by atoms with Crippen molar-refractivity contribution >= 4 is 27.8 Å². The quantitative estimate of drug-likeness (QED) is 0.655. The number of carbonyl (C=O) groups is 1. The van der Waals surface area contributed by atoms with Crippen LogP contribution in [0.25, 0.3) is 0 Å². The van der Waals surface area contributed by atoms with Gasteiger partial charge in [0.15, 0.2) is 0 Å². The van der Waals surface area contributed by atoms with Gasteiger partial charge >= 0.3 is 5.97 Å². The smallest absolute Gasteiger partial charge is 0.316 e. The van der Waals surface area contributed by atoms with E-state index in [9.17, 15) is 18.3 Å². The summed E-state index contributed by atoms with van der Waals surface area (Å²) in [5.41, 5.74) is 1.93. The first kappa shape index (κ1) is 19.5. The zero-order valence-electron chi connectivity index (χ0n) is 13.9. The van der Waals surface area contributed by atoms with Gasteiger partial charge in [-0.1, -0.05) is 48.0 Å². The Kier molecular flexibility index (Phi) is 7.04. The van der Waals surface area contributed by atoms with Gasteiger partial charge in [0.05, 0.1) is 4.90 Å². The molecule has 0 aliphatic carbocycles. The predicted molar refractivity (Wildman–Crippen MR) is 100 cm³/mol. The molecule has 0 aromatic heterocycles. The maximum atomic E-state index is 12.2. The van der Waals surface area contributed by atoms with Crippen LogP contribution < -0.4 is 4.72 Å². The molecule has 7 heteroatoms. The first-order chi connectivity index (χ1) is 11.9. The molecule has 2 aromatic carbocycles. The van der Waals surface area contributed by atoms with Gasteiger partial charge in [-0.25, -0.2) is 13.1 Å². The van der Waals surface area contributed by atoms with E-state index in [2.05, 4.69) is 4.72 Å². The maximum Gasteiger partial charge on any atom is 0.316 e. The number of hydrogen-bond acceptors (Lipinski definition) is 4. The molecular formula is C18H21NO4S2. The Morgan fingerprint density at radius 2 is 1.76 bits per heavy atom. The predicted octanol–water partition coefficient (Wildman–Crippen LogP) is 2.70. The number of benzene rings is 2. The minimum atomic E-state index is -3.56. The fourth-order valence-electron chi connectivity index (χ4n) is 2.22. The average molecular weight is 380 g/mol. The van der Waals surface area contributed by atoms with E-state index in [1.807, 2.05) is 37.3 Å². The fraction of sp³-hybridized carbons (Fsp3) is 0.278. The average Bonchev–Trinajstić information content (AvgIpc) is 2.58. The van der Waals surface area contributed by atoms with Crippen molar-refractivity contribution in [3.63, 3.8) is 0 Å². The van der Waals surface area contributed by atoms with Crippen LogP contribution in [-0.4, -0.2) is 37.0 Å². The summed E-state index contributed by atoms with van der Waals surface area (Å²) in [6.07, 6.45) is 0.408. The molecule has 0 heterocycles. The van der Waals surface area contributed by atoms with E-state index >= 15 is 0 Å². The third-order valence-corrected chi connectivity index (χ3v) is 6.27. The third-order valence-electron chi connectivity index (χ3n) is 3.58. The molecule has 0 saturated heterocycles. The normalized spacial score (nSPS) is 12.7. The number of aliphatic carboxylic acids is 1. The molecule has 0 spiro atoms. The van der Waals surface area contributed by atoms with E-state index in [1.54, 1.807) is 24.3 Å².